The summed E-state index contributed by atoms with van der Waals surface area (Å²) in [4.78, 5) is 15.2. The molecule has 106 valence electrons. The molecule has 1 aromatic heterocycles. The normalized spacial score (nSPS) is 12.2. The van der Waals surface area contributed by atoms with Gasteiger partial charge in [0.2, 0.25) is 5.89 Å². The van der Waals surface area contributed by atoms with E-state index in [2.05, 4.69) is 10.3 Å². The SMILES string of the molecule is CCCC(NCc1ncc(-c2ccccc2)o1)C(=O)O. The van der Waals surface area contributed by atoms with E-state index in [0.717, 1.165) is 12.0 Å². The van der Waals surface area contributed by atoms with Crippen LogP contribution in [-0.4, -0.2) is 22.1 Å². The number of hydrogen-bond acceptors (Lipinski definition) is 4. The number of aromatic nitrogens is 1. The third-order valence-electron chi connectivity index (χ3n) is 2.99. The largest absolute Gasteiger partial charge is 0.480 e. The smallest absolute Gasteiger partial charge is 0.320 e. The molecule has 0 amide bonds. The number of rotatable bonds is 7. The molecular weight excluding hydrogens is 256 g/mol. The molecule has 0 radical (unpaired) electrons. The summed E-state index contributed by atoms with van der Waals surface area (Å²) in [6.45, 7) is 2.26. The van der Waals surface area contributed by atoms with Crippen LogP contribution in [0.2, 0.25) is 0 Å². The van der Waals surface area contributed by atoms with E-state index in [1.165, 1.54) is 0 Å². The van der Waals surface area contributed by atoms with E-state index in [1.54, 1.807) is 6.20 Å². The van der Waals surface area contributed by atoms with Gasteiger partial charge >= 0.3 is 5.97 Å². The van der Waals surface area contributed by atoms with Gasteiger partial charge < -0.3 is 9.52 Å². The van der Waals surface area contributed by atoms with Crippen LogP contribution in [0.4, 0.5) is 0 Å². The number of aliphatic carboxylic acids is 1. The van der Waals surface area contributed by atoms with E-state index in [1.807, 2.05) is 37.3 Å². The average Bonchev–Trinajstić information content (AvgIpc) is 2.93. The lowest BCUT2D eigenvalue weighted by Crippen LogP contribution is -2.36. The van der Waals surface area contributed by atoms with Crippen LogP contribution in [0.5, 0.6) is 0 Å². The first kappa shape index (κ1) is 14.3. The third-order valence-corrected chi connectivity index (χ3v) is 2.99. The Hall–Kier alpha value is -2.14. The van der Waals surface area contributed by atoms with E-state index >= 15 is 0 Å². The summed E-state index contributed by atoms with van der Waals surface area (Å²) in [5.41, 5.74) is 0.953. The van der Waals surface area contributed by atoms with Crippen molar-refractivity contribution in [3.63, 3.8) is 0 Å². The number of hydrogen-bond donors (Lipinski definition) is 2. The van der Waals surface area contributed by atoms with Crippen molar-refractivity contribution in [1.82, 2.24) is 10.3 Å². The molecule has 0 aliphatic carbocycles. The lowest BCUT2D eigenvalue weighted by atomic mass is 10.2. The molecule has 1 aromatic carbocycles. The zero-order valence-corrected chi connectivity index (χ0v) is 11.4. The van der Waals surface area contributed by atoms with Gasteiger partial charge in [0.1, 0.15) is 6.04 Å². The van der Waals surface area contributed by atoms with Gasteiger partial charge in [0.15, 0.2) is 5.76 Å². The standard InChI is InChI=1S/C15H18N2O3/c1-2-6-12(15(18)19)16-10-14-17-9-13(20-14)11-7-4-3-5-8-11/h3-5,7-9,12,16H,2,6,10H2,1H3,(H,18,19). The summed E-state index contributed by atoms with van der Waals surface area (Å²) < 4.78 is 5.61. The number of carboxylic acid groups (broad SMARTS) is 1. The van der Waals surface area contributed by atoms with Crippen molar-refractivity contribution < 1.29 is 14.3 Å². The molecule has 1 atom stereocenters. The molecule has 0 aliphatic rings. The predicted octanol–water partition coefficient (Wildman–Crippen LogP) is 2.68. The van der Waals surface area contributed by atoms with Crippen LogP contribution in [0.3, 0.4) is 0 Å². The molecule has 1 unspecified atom stereocenters. The topological polar surface area (TPSA) is 75.4 Å². The zero-order valence-electron chi connectivity index (χ0n) is 11.4. The highest BCUT2D eigenvalue weighted by Gasteiger charge is 2.16. The van der Waals surface area contributed by atoms with Gasteiger partial charge in [0.05, 0.1) is 12.7 Å². The molecule has 0 spiro atoms. The molecule has 5 nitrogen and oxygen atoms in total. The summed E-state index contributed by atoms with van der Waals surface area (Å²) in [5.74, 6) is 0.331. The van der Waals surface area contributed by atoms with Crippen LogP contribution >= 0.6 is 0 Å². The maximum Gasteiger partial charge on any atom is 0.320 e. The number of oxazole rings is 1. The van der Waals surface area contributed by atoms with E-state index in [0.29, 0.717) is 24.6 Å². The Kier molecular flexibility index (Phi) is 4.90. The van der Waals surface area contributed by atoms with Crippen molar-refractivity contribution in [2.75, 3.05) is 0 Å². The number of benzene rings is 1. The number of nitrogens with zero attached hydrogens (tertiary/aromatic N) is 1. The first-order valence-electron chi connectivity index (χ1n) is 6.67. The fraction of sp³-hybridized carbons (Fsp3) is 0.333. The lowest BCUT2D eigenvalue weighted by molar-refractivity contribution is -0.139. The highest BCUT2D eigenvalue weighted by Crippen LogP contribution is 2.19. The Morgan fingerprint density at radius 1 is 1.40 bits per heavy atom. The molecule has 0 bridgehead atoms. The van der Waals surface area contributed by atoms with Gasteiger partial charge in [-0.05, 0) is 6.42 Å². The first-order valence-corrected chi connectivity index (χ1v) is 6.67. The molecule has 2 rings (SSSR count). The Morgan fingerprint density at radius 3 is 2.80 bits per heavy atom. The van der Waals surface area contributed by atoms with Gasteiger partial charge in [-0.25, -0.2) is 4.98 Å². The van der Waals surface area contributed by atoms with Crippen molar-refractivity contribution in [2.45, 2.75) is 32.4 Å². The van der Waals surface area contributed by atoms with Crippen LogP contribution in [0.1, 0.15) is 25.7 Å². The minimum absolute atomic E-state index is 0.309. The number of carbonyl (C=O) groups is 1. The Bertz CT molecular complexity index is 551. The van der Waals surface area contributed by atoms with Gasteiger partial charge in [-0.2, -0.15) is 0 Å². The van der Waals surface area contributed by atoms with E-state index in [9.17, 15) is 4.79 Å². The van der Waals surface area contributed by atoms with Crippen LogP contribution < -0.4 is 5.32 Å². The quantitative estimate of drug-likeness (QED) is 0.812. The van der Waals surface area contributed by atoms with E-state index in [4.69, 9.17) is 9.52 Å². The summed E-state index contributed by atoms with van der Waals surface area (Å²) >= 11 is 0. The zero-order chi connectivity index (χ0) is 14.4. The second-order valence-electron chi connectivity index (χ2n) is 4.54. The van der Waals surface area contributed by atoms with Gasteiger partial charge in [-0.15, -0.1) is 0 Å². The van der Waals surface area contributed by atoms with E-state index in [-0.39, 0.29) is 0 Å². The Labute approximate surface area is 117 Å². The molecule has 0 aliphatic heterocycles. The Balaban J connectivity index is 1.98. The number of nitrogens with one attached hydrogen (secondary N) is 1. The van der Waals surface area contributed by atoms with Gasteiger partial charge in [0, 0.05) is 5.56 Å². The summed E-state index contributed by atoms with van der Waals surface area (Å²) in [6.07, 6.45) is 3.05. The summed E-state index contributed by atoms with van der Waals surface area (Å²) in [6, 6.07) is 9.11. The minimum atomic E-state index is -0.846. The molecular formula is C15H18N2O3. The van der Waals surface area contributed by atoms with Gasteiger partial charge in [-0.1, -0.05) is 43.7 Å². The second-order valence-corrected chi connectivity index (χ2v) is 4.54. The maximum atomic E-state index is 11.0. The fourth-order valence-corrected chi connectivity index (χ4v) is 1.94. The lowest BCUT2D eigenvalue weighted by Gasteiger charge is -2.11. The monoisotopic (exact) mass is 274 g/mol. The fourth-order valence-electron chi connectivity index (χ4n) is 1.94. The first-order chi connectivity index (χ1) is 9.70. The third kappa shape index (κ3) is 3.68. The van der Waals surface area contributed by atoms with Crippen LogP contribution in [0.15, 0.2) is 40.9 Å². The Morgan fingerprint density at radius 2 is 2.15 bits per heavy atom. The summed E-state index contributed by atoms with van der Waals surface area (Å²) in [5, 5.41) is 12.0. The van der Waals surface area contributed by atoms with Crippen molar-refractivity contribution in [3.8, 4) is 11.3 Å². The average molecular weight is 274 g/mol. The summed E-state index contributed by atoms with van der Waals surface area (Å²) in [7, 11) is 0. The van der Waals surface area contributed by atoms with Crippen LogP contribution in [0, 0.1) is 0 Å². The van der Waals surface area contributed by atoms with Crippen LogP contribution in [0.25, 0.3) is 11.3 Å². The molecule has 20 heavy (non-hydrogen) atoms. The molecule has 2 aromatic rings. The highest BCUT2D eigenvalue weighted by molar-refractivity contribution is 5.73. The molecule has 5 heteroatoms. The van der Waals surface area contributed by atoms with Crippen molar-refractivity contribution >= 4 is 5.97 Å². The van der Waals surface area contributed by atoms with Crippen molar-refractivity contribution in [1.29, 1.82) is 0 Å². The highest BCUT2D eigenvalue weighted by atomic mass is 16.4. The van der Waals surface area contributed by atoms with Crippen molar-refractivity contribution in [3.05, 3.63) is 42.4 Å². The van der Waals surface area contributed by atoms with Crippen LogP contribution in [-0.2, 0) is 11.3 Å². The van der Waals surface area contributed by atoms with Gasteiger partial charge in [-0.3, -0.25) is 10.1 Å². The number of carboxylic acids is 1. The molecule has 0 saturated carbocycles. The molecule has 2 N–H and O–H groups in total. The van der Waals surface area contributed by atoms with E-state index < -0.39 is 12.0 Å². The van der Waals surface area contributed by atoms with Gasteiger partial charge in [0.25, 0.3) is 0 Å². The maximum absolute atomic E-state index is 11.0. The molecule has 0 saturated heterocycles. The molecule has 0 fully saturated rings. The second kappa shape index (κ2) is 6.86. The minimum Gasteiger partial charge on any atom is -0.480 e. The van der Waals surface area contributed by atoms with Crippen molar-refractivity contribution in [2.24, 2.45) is 0 Å². The predicted molar refractivity (Wildman–Crippen MR) is 75.1 cm³/mol. The molecule has 1 heterocycles.